The van der Waals surface area contributed by atoms with Crippen LogP contribution in [0.2, 0.25) is 0 Å². The Morgan fingerprint density at radius 1 is 1.00 bits per heavy atom. The molecule has 0 bridgehead atoms. The summed E-state index contributed by atoms with van der Waals surface area (Å²) in [5.74, 6) is 2.45. The van der Waals surface area contributed by atoms with Crippen molar-refractivity contribution in [3.8, 4) is 5.75 Å². The molecule has 2 fully saturated rings. The van der Waals surface area contributed by atoms with E-state index in [1.54, 1.807) is 7.11 Å². The molecular formula is C19H24N2O. The zero-order chi connectivity index (χ0) is 14.9. The summed E-state index contributed by atoms with van der Waals surface area (Å²) in [7, 11) is 1.77. The van der Waals surface area contributed by atoms with Gasteiger partial charge in [-0.25, -0.2) is 0 Å². The summed E-state index contributed by atoms with van der Waals surface area (Å²) in [6, 6.07) is 10.8. The van der Waals surface area contributed by atoms with E-state index in [4.69, 9.17) is 4.74 Å². The number of ether oxygens (including phenoxy) is 1. The number of hydrogen-bond acceptors (Lipinski definition) is 2. The topological polar surface area (TPSA) is 28.3 Å². The second kappa shape index (κ2) is 5.71. The highest BCUT2D eigenvalue weighted by Crippen LogP contribution is 2.44. The molecule has 3 heteroatoms. The molecule has 2 aromatic rings. The minimum Gasteiger partial charge on any atom is -0.496 e. The van der Waals surface area contributed by atoms with Gasteiger partial charge >= 0.3 is 0 Å². The van der Waals surface area contributed by atoms with Crippen LogP contribution in [0.15, 0.2) is 36.5 Å². The molecular weight excluding hydrogens is 272 g/mol. The standard InChI is InChI=1S/C19H24N2O/c1-22-18-5-3-2-4-16(18)14-9-12-21(13-10-14)17-8-11-20-19(17)15-6-7-15/h2-5,8,11,14-15,20H,6-7,9-10,12-13H2,1H3. The lowest BCUT2D eigenvalue weighted by Crippen LogP contribution is -2.33. The van der Waals surface area contributed by atoms with Crippen LogP contribution >= 0.6 is 0 Å². The summed E-state index contributed by atoms with van der Waals surface area (Å²) in [6.45, 7) is 2.28. The van der Waals surface area contributed by atoms with Gasteiger partial charge in [0.25, 0.3) is 0 Å². The number of aromatic amines is 1. The molecule has 1 N–H and O–H groups in total. The Bertz CT molecular complexity index is 636. The first-order valence-electron chi connectivity index (χ1n) is 8.42. The summed E-state index contributed by atoms with van der Waals surface area (Å²) in [5.41, 5.74) is 4.29. The molecule has 4 rings (SSSR count). The fourth-order valence-corrected chi connectivity index (χ4v) is 3.78. The van der Waals surface area contributed by atoms with Crippen molar-refractivity contribution in [3.63, 3.8) is 0 Å². The molecule has 0 atom stereocenters. The van der Waals surface area contributed by atoms with Crippen LogP contribution in [-0.2, 0) is 0 Å². The zero-order valence-corrected chi connectivity index (χ0v) is 13.2. The lowest BCUT2D eigenvalue weighted by Gasteiger charge is -2.34. The highest BCUT2D eigenvalue weighted by molar-refractivity contribution is 5.54. The van der Waals surface area contributed by atoms with Crippen molar-refractivity contribution in [1.82, 2.24) is 4.98 Å². The van der Waals surface area contributed by atoms with Gasteiger partial charge in [-0.2, -0.15) is 0 Å². The zero-order valence-electron chi connectivity index (χ0n) is 13.2. The van der Waals surface area contributed by atoms with Crippen LogP contribution < -0.4 is 9.64 Å². The van der Waals surface area contributed by atoms with Crippen LogP contribution in [-0.4, -0.2) is 25.2 Å². The molecule has 0 unspecified atom stereocenters. The predicted octanol–water partition coefficient (Wildman–Crippen LogP) is 4.28. The van der Waals surface area contributed by atoms with Gasteiger partial charge in [-0.05, 0) is 49.3 Å². The normalized spacial score (nSPS) is 19.4. The van der Waals surface area contributed by atoms with Crippen molar-refractivity contribution >= 4 is 5.69 Å². The van der Waals surface area contributed by atoms with Gasteiger partial charge in [0.1, 0.15) is 5.75 Å². The highest BCUT2D eigenvalue weighted by Gasteiger charge is 2.30. The largest absolute Gasteiger partial charge is 0.496 e. The van der Waals surface area contributed by atoms with Crippen molar-refractivity contribution < 1.29 is 4.74 Å². The van der Waals surface area contributed by atoms with E-state index >= 15 is 0 Å². The number of methoxy groups -OCH3 is 1. The van der Waals surface area contributed by atoms with Crippen molar-refractivity contribution in [3.05, 3.63) is 47.8 Å². The van der Waals surface area contributed by atoms with Crippen molar-refractivity contribution in [1.29, 1.82) is 0 Å². The molecule has 0 radical (unpaired) electrons. The molecule has 1 saturated heterocycles. The van der Waals surface area contributed by atoms with Crippen molar-refractivity contribution in [2.75, 3.05) is 25.1 Å². The van der Waals surface area contributed by atoms with E-state index in [-0.39, 0.29) is 0 Å². The Morgan fingerprint density at radius 3 is 2.50 bits per heavy atom. The summed E-state index contributed by atoms with van der Waals surface area (Å²) in [4.78, 5) is 6.03. The maximum Gasteiger partial charge on any atom is 0.122 e. The van der Waals surface area contributed by atoms with Crippen LogP contribution in [0.25, 0.3) is 0 Å². The maximum atomic E-state index is 5.54. The quantitative estimate of drug-likeness (QED) is 0.912. The van der Waals surface area contributed by atoms with Crippen molar-refractivity contribution in [2.24, 2.45) is 0 Å². The van der Waals surface area contributed by atoms with Gasteiger partial charge < -0.3 is 14.6 Å². The summed E-state index contributed by atoms with van der Waals surface area (Å²) < 4.78 is 5.54. The van der Waals surface area contributed by atoms with E-state index in [0.717, 1.165) is 24.8 Å². The van der Waals surface area contributed by atoms with Crippen LogP contribution in [0.1, 0.15) is 48.8 Å². The first-order chi connectivity index (χ1) is 10.9. The second-order valence-electron chi connectivity index (χ2n) is 6.55. The highest BCUT2D eigenvalue weighted by atomic mass is 16.5. The molecule has 2 aliphatic rings. The number of nitrogens with zero attached hydrogens (tertiary/aromatic N) is 1. The summed E-state index contributed by atoms with van der Waals surface area (Å²) in [5, 5.41) is 0. The minimum atomic E-state index is 0.621. The predicted molar refractivity (Wildman–Crippen MR) is 89.9 cm³/mol. The SMILES string of the molecule is COc1ccccc1C1CCN(c2cc[nH]c2C2CC2)CC1. The third-order valence-electron chi connectivity index (χ3n) is 5.16. The third-order valence-corrected chi connectivity index (χ3v) is 5.16. The third kappa shape index (κ3) is 2.49. The lowest BCUT2D eigenvalue weighted by atomic mass is 9.88. The maximum absolute atomic E-state index is 5.54. The molecule has 22 heavy (non-hydrogen) atoms. The van der Waals surface area contributed by atoms with Gasteiger partial charge in [0.05, 0.1) is 12.8 Å². The van der Waals surface area contributed by atoms with E-state index in [1.807, 2.05) is 0 Å². The van der Waals surface area contributed by atoms with E-state index in [0.29, 0.717) is 5.92 Å². The van der Waals surface area contributed by atoms with E-state index in [1.165, 1.54) is 42.6 Å². The monoisotopic (exact) mass is 296 g/mol. The molecule has 1 aliphatic heterocycles. The van der Waals surface area contributed by atoms with E-state index in [9.17, 15) is 0 Å². The van der Waals surface area contributed by atoms with Gasteiger partial charge in [0.15, 0.2) is 0 Å². The molecule has 0 spiro atoms. The average molecular weight is 296 g/mol. The molecule has 1 aliphatic carbocycles. The van der Waals surface area contributed by atoms with Crippen LogP contribution in [0, 0.1) is 0 Å². The molecule has 1 aromatic heterocycles. The number of hydrogen-bond donors (Lipinski definition) is 1. The van der Waals surface area contributed by atoms with Gasteiger partial charge in [0, 0.05) is 30.9 Å². The first kappa shape index (κ1) is 13.7. The van der Waals surface area contributed by atoms with Gasteiger partial charge in [-0.1, -0.05) is 18.2 Å². The molecule has 0 amide bonds. The molecule has 116 valence electrons. The number of aromatic nitrogens is 1. The molecule has 1 aromatic carbocycles. The van der Waals surface area contributed by atoms with Gasteiger partial charge in [-0.15, -0.1) is 0 Å². The lowest BCUT2D eigenvalue weighted by molar-refractivity contribution is 0.397. The number of benzene rings is 1. The first-order valence-corrected chi connectivity index (χ1v) is 8.42. The van der Waals surface area contributed by atoms with Crippen LogP contribution in [0.3, 0.4) is 0 Å². The Hall–Kier alpha value is -1.90. The second-order valence-corrected chi connectivity index (χ2v) is 6.55. The summed E-state index contributed by atoms with van der Waals surface area (Å²) in [6.07, 6.45) is 7.22. The number of H-pyrrole nitrogens is 1. The molecule has 2 heterocycles. The minimum absolute atomic E-state index is 0.621. The Labute approximate surface area is 132 Å². The van der Waals surface area contributed by atoms with Crippen LogP contribution in [0.5, 0.6) is 5.75 Å². The fourth-order valence-electron chi connectivity index (χ4n) is 3.78. The summed E-state index contributed by atoms with van der Waals surface area (Å²) >= 11 is 0. The number of para-hydroxylation sites is 1. The Kier molecular flexibility index (Phi) is 3.57. The van der Waals surface area contributed by atoms with Gasteiger partial charge in [0.2, 0.25) is 0 Å². The average Bonchev–Trinajstić information content (AvgIpc) is 3.32. The Morgan fingerprint density at radius 2 is 1.77 bits per heavy atom. The molecule has 1 saturated carbocycles. The Balaban J connectivity index is 1.47. The molecule has 3 nitrogen and oxygen atoms in total. The smallest absolute Gasteiger partial charge is 0.122 e. The van der Waals surface area contributed by atoms with E-state index in [2.05, 4.69) is 46.4 Å². The number of anilines is 1. The van der Waals surface area contributed by atoms with E-state index < -0.39 is 0 Å². The van der Waals surface area contributed by atoms with Crippen LogP contribution in [0.4, 0.5) is 5.69 Å². The number of nitrogens with one attached hydrogen (secondary N) is 1. The van der Waals surface area contributed by atoms with Gasteiger partial charge in [-0.3, -0.25) is 0 Å². The van der Waals surface area contributed by atoms with Crippen molar-refractivity contribution in [2.45, 2.75) is 37.5 Å². The fraction of sp³-hybridized carbons (Fsp3) is 0.474. The number of piperidine rings is 1. The number of rotatable bonds is 4.